The Bertz CT molecular complexity index is 725. The number of hydrogen-bond donors (Lipinski definition) is 0. The maximum absolute atomic E-state index is 12.5. The first-order valence-corrected chi connectivity index (χ1v) is 8.85. The zero-order chi connectivity index (χ0) is 18.0. The summed E-state index contributed by atoms with van der Waals surface area (Å²) in [4.78, 5) is 16.5. The molecule has 0 saturated carbocycles. The second kappa shape index (κ2) is 7.35. The highest BCUT2D eigenvalue weighted by Crippen LogP contribution is 2.28. The Balaban J connectivity index is 1.66. The van der Waals surface area contributed by atoms with Crippen LogP contribution in [0.5, 0.6) is 0 Å². The number of piperidine rings is 1. The summed E-state index contributed by atoms with van der Waals surface area (Å²) in [6.45, 7) is 5.27. The normalized spacial score (nSPS) is 16.0. The van der Waals surface area contributed by atoms with Crippen molar-refractivity contribution in [2.75, 3.05) is 27.2 Å². The van der Waals surface area contributed by atoms with Crippen molar-refractivity contribution in [1.82, 2.24) is 34.3 Å². The molecular formula is C17H27N7O. The van der Waals surface area contributed by atoms with E-state index in [9.17, 15) is 4.79 Å². The number of likely N-dealkylation sites (tertiary alicyclic amines) is 1. The molecular weight excluding hydrogens is 318 g/mol. The first-order valence-electron chi connectivity index (χ1n) is 8.85. The number of nitrogens with zero attached hydrogens (tertiary/aromatic N) is 7. The van der Waals surface area contributed by atoms with Crippen LogP contribution < -0.4 is 0 Å². The summed E-state index contributed by atoms with van der Waals surface area (Å²) in [6, 6.07) is 1.77. The van der Waals surface area contributed by atoms with Crippen molar-refractivity contribution in [2.45, 2.75) is 38.8 Å². The number of rotatable bonds is 5. The standard InChI is InChI=1S/C17H27N7O/c1-5-24-15(12-21(2)3)18-19-16(24)13-6-10-23(11-7-13)17(25)14-8-9-22(4)20-14/h8-9,13H,5-7,10-12H2,1-4H3. The minimum atomic E-state index is 0.0179. The zero-order valence-corrected chi connectivity index (χ0v) is 15.5. The van der Waals surface area contributed by atoms with Crippen molar-refractivity contribution < 1.29 is 4.79 Å². The Labute approximate surface area is 148 Å². The minimum Gasteiger partial charge on any atom is -0.337 e. The zero-order valence-electron chi connectivity index (χ0n) is 15.5. The van der Waals surface area contributed by atoms with Gasteiger partial charge in [-0.2, -0.15) is 5.10 Å². The van der Waals surface area contributed by atoms with Crippen LogP contribution in [-0.2, 0) is 20.1 Å². The smallest absolute Gasteiger partial charge is 0.274 e. The van der Waals surface area contributed by atoms with Crippen LogP contribution in [0, 0.1) is 0 Å². The molecule has 0 unspecified atom stereocenters. The van der Waals surface area contributed by atoms with Crippen LogP contribution in [0.2, 0.25) is 0 Å². The van der Waals surface area contributed by atoms with Gasteiger partial charge >= 0.3 is 0 Å². The third kappa shape index (κ3) is 3.73. The van der Waals surface area contributed by atoms with Crippen LogP contribution in [0.15, 0.2) is 12.3 Å². The van der Waals surface area contributed by atoms with Crippen molar-refractivity contribution in [1.29, 1.82) is 0 Å². The van der Waals surface area contributed by atoms with Gasteiger partial charge in [0.15, 0.2) is 0 Å². The van der Waals surface area contributed by atoms with Crippen LogP contribution in [0.25, 0.3) is 0 Å². The lowest BCUT2D eigenvalue weighted by Gasteiger charge is -2.31. The van der Waals surface area contributed by atoms with Gasteiger partial charge in [-0.1, -0.05) is 0 Å². The van der Waals surface area contributed by atoms with E-state index in [0.717, 1.165) is 50.7 Å². The third-order valence-corrected chi connectivity index (χ3v) is 4.71. The molecule has 1 amide bonds. The summed E-state index contributed by atoms with van der Waals surface area (Å²) >= 11 is 0. The molecule has 136 valence electrons. The van der Waals surface area contributed by atoms with Gasteiger partial charge in [-0.25, -0.2) is 0 Å². The first kappa shape index (κ1) is 17.6. The number of aryl methyl sites for hydroxylation is 1. The predicted octanol–water partition coefficient (Wildman–Crippen LogP) is 1.11. The molecule has 0 radical (unpaired) electrons. The lowest BCUT2D eigenvalue weighted by Crippen LogP contribution is -2.38. The molecule has 0 N–H and O–H groups in total. The molecule has 2 aromatic rings. The molecule has 0 atom stereocenters. The Morgan fingerprint density at radius 1 is 1.28 bits per heavy atom. The van der Waals surface area contributed by atoms with E-state index in [2.05, 4.69) is 31.7 Å². The summed E-state index contributed by atoms with van der Waals surface area (Å²) in [7, 11) is 5.90. The summed E-state index contributed by atoms with van der Waals surface area (Å²) in [5.74, 6) is 2.44. The van der Waals surface area contributed by atoms with Gasteiger partial charge in [-0.15, -0.1) is 10.2 Å². The molecule has 1 aliphatic rings. The monoisotopic (exact) mass is 345 g/mol. The highest BCUT2D eigenvalue weighted by molar-refractivity contribution is 5.92. The second-order valence-electron chi connectivity index (χ2n) is 6.90. The van der Waals surface area contributed by atoms with E-state index in [0.29, 0.717) is 11.6 Å². The molecule has 2 aromatic heterocycles. The van der Waals surface area contributed by atoms with Gasteiger partial charge in [0, 0.05) is 38.8 Å². The molecule has 3 rings (SSSR count). The molecule has 0 spiro atoms. The topological polar surface area (TPSA) is 72.1 Å². The molecule has 8 heteroatoms. The van der Waals surface area contributed by atoms with Crippen molar-refractivity contribution in [3.8, 4) is 0 Å². The van der Waals surface area contributed by atoms with Gasteiger partial charge in [-0.05, 0) is 39.9 Å². The molecule has 0 aliphatic carbocycles. The van der Waals surface area contributed by atoms with Gasteiger partial charge in [0.25, 0.3) is 5.91 Å². The number of hydrogen-bond acceptors (Lipinski definition) is 5. The Morgan fingerprint density at radius 3 is 2.56 bits per heavy atom. The van der Waals surface area contributed by atoms with Crippen molar-refractivity contribution in [3.05, 3.63) is 29.6 Å². The highest BCUT2D eigenvalue weighted by atomic mass is 16.2. The Morgan fingerprint density at radius 2 is 2.00 bits per heavy atom. The van der Waals surface area contributed by atoms with E-state index in [1.54, 1.807) is 16.9 Å². The molecule has 8 nitrogen and oxygen atoms in total. The SMILES string of the molecule is CCn1c(CN(C)C)nnc1C1CCN(C(=O)c2ccn(C)n2)CC1. The van der Waals surface area contributed by atoms with Gasteiger partial charge in [0.2, 0.25) is 0 Å². The number of carbonyl (C=O) groups is 1. The van der Waals surface area contributed by atoms with Crippen LogP contribution >= 0.6 is 0 Å². The first-order chi connectivity index (χ1) is 12.0. The molecule has 3 heterocycles. The van der Waals surface area contributed by atoms with Crippen molar-refractivity contribution in [3.63, 3.8) is 0 Å². The van der Waals surface area contributed by atoms with E-state index in [1.165, 1.54) is 0 Å². The molecule has 0 aromatic carbocycles. The lowest BCUT2D eigenvalue weighted by atomic mass is 9.95. The third-order valence-electron chi connectivity index (χ3n) is 4.71. The average molecular weight is 345 g/mol. The van der Waals surface area contributed by atoms with E-state index < -0.39 is 0 Å². The van der Waals surface area contributed by atoms with Gasteiger partial charge in [0.05, 0.1) is 6.54 Å². The quantitative estimate of drug-likeness (QED) is 0.812. The fourth-order valence-electron chi connectivity index (χ4n) is 3.43. The van der Waals surface area contributed by atoms with Crippen LogP contribution in [0.4, 0.5) is 0 Å². The van der Waals surface area contributed by atoms with E-state index >= 15 is 0 Å². The fourth-order valence-corrected chi connectivity index (χ4v) is 3.43. The highest BCUT2D eigenvalue weighted by Gasteiger charge is 2.29. The van der Waals surface area contributed by atoms with Crippen LogP contribution in [0.3, 0.4) is 0 Å². The Kier molecular flexibility index (Phi) is 5.17. The Hall–Kier alpha value is -2.22. The van der Waals surface area contributed by atoms with Crippen LogP contribution in [-0.4, -0.2) is 67.4 Å². The van der Waals surface area contributed by atoms with Gasteiger partial charge in [-0.3, -0.25) is 9.48 Å². The van der Waals surface area contributed by atoms with Crippen molar-refractivity contribution in [2.24, 2.45) is 7.05 Å². The number of aromatic nitrogens is 5. The maximum atomic E-state index is 12.5. The number of carbonyl (C=O) groups excluding carboxylic acids is 1. The van der Waals surface area contributed by atoms with E-state index in [4.69, 9.17) is 0 Å². The van der Waals surface area contributed by atoms with E-state index in [-0.39, 0.29) is 5.91 Å². The van der Waals surface area contributed by atoms with E-state index in [1.807, 2.05) is 26.0 Å². The average Bonchev–Trinajstić information content (AvgIpc) is 3.20. The minimum absolute atomic E-state index is 0.0179. The summed E-state index contributed by atoms with van der Waals surface area (Å²) < 4.78 is 3.89. The van der Waals surface area contributed by atoms with Gasteiger partial charge in [0.1, 0.15) is 17.3 Å². The summed E-state index contributed by atoms with van der Waals surface area (Å²) in [5.41, 5.74) is 0.519. The summed E-state index contributed by atoms with van der Waals surface area (Å²) in [6.07, 6.45) is 3.63. The predicted molar refractivity (Wildman–Crippen MR) is 94.2 cm³/mol. The van der Waals surface area contributed by atoms with Crippen molar-refractivity contribution >= 4 is 5.91 Å². The molecule has 1 fully saturated rings. The molecule has 0 bridgehead atoms. The number of amides is 1. The second-order valence-corrected chi connectivity index (χ2v) is 6.90. The maximum Gasteiger partial charge on any atom is 0.274 e. The van der Waals surface area contributed by atoms with Gasteiger partial charge < -0.3 is 14.4 Å². The fraction of sp³-hybridized carbons (Fsp3) is 0.647. The summed E-state index contributed by atoms with van der Waals surface area (Å²) in [5, 5.41) is 13.1. The lowest BCUT2D eigenvalue weighted by molar-refractivity contribution is 0.0703. The molecule has 1 saturated heterocycles. The molecule has 25 heavy (non-hydrogen) atoms. The largest absolute Gasteiger partial charge is 0.337 e. The molecule has 1 aliphatic heterocycles. The van der Waals surface area contributed by atoms with Crippen LogP contribution in [0.1, 0.15) is 47.8 Å².